The molecular formula is C27H30N4O4S. The predicted molar refractivity (Wildman–Crippen MR) is 146 cm³/mol. The van der Waals surface area contributed by atoms with E-state index in [1.807, 2.05) is 79.7 Å². The minimum absolute atomic E-state index is 0.204. The van der Waals surface area contributed by atoms with Crippen LogP contribution in [0.15, 0.2) is 72.8 Å². The smallest absolute Gasteiger partial charge is 0.258 e. The molecule has 3 aromatic carbocycles. The summed E-state index contributed by atoms with van der Waals surface area (Å²) in [6.45, 7) is 0.933. The topological polar surface area (TPSA) is 91.0 Å². The van der Waals surface area contributed by atoms with Gasteiger partial charge in [-0.1, -0.05) is 30.3 Å². The summed E-state index contributed by atoms with van der Waals surface area (Å²) in [5, 5.41) is 6.33. The molecule has 0 atom stereocenters. The summed E-state index contributed by atoms with van der Waals surface area (Å²) in [4.78, 5) is 15.0. The highest BCUT2D eigenvalue weighted by atomic mass is 32.2. The van der Waals surface area contributed by atoms with E-state index in [9.17, 15) is 13.2 Å². The summed E-state index contributed by atoms with van der Waals surface area (Å²) in [5.41, 5.74) is 4.76. The van der Waals surface area contributed by atoms with Crippen LogP contribution in [0.5, 0.6) is 5.75 Å². The number of fused-ring (bicyclic) bond motifs is 1. The first kappa shape index (κ1) is 25.3. The van der Waals surface area contributed by atoms with Gasteiger partial charge in [0.1, 0.15) is 5.75 Å². The third-order valence-electron chi connectivity index (χ3n) is 5.86. The van der Waals surface area contributed by atoms with Gasteiger partial charge in [-0.15, -0.1) is 0 Å². The number of nitrogens with one attached hydrogen (secondary N) is 2. The van der Waals surface area contributed by atoms with Crippen molar-refractivity contribution in [3.8, 4) is 5.75 Å². The number of ether oxygens (including phenoxy) is 1. The molecule has 1 amide bonds. The minimum Gasteiger partial charge on any atom is -0.497 e. The lowest BCUT2D eigenvalue weighted by molar-refractivity contribution is -0.110. The lowest BCUT2D eigenvalue weighted by Crippen LogP contribution is -2.35. The van der Waals surface area contributed by atoms with E-state index in [1.165, 1.54) is 10.6 Å². The zero-order chi connectivity index (χ0) is 25.9. The molecule has 1 aliphatic heterocycles. The molecule has 0 radical (unpaired) electrons. The molecule has 0 fully saturated rings. The molecule has 36 heavy (non-hydrogen) atoms. The predicted octanol–water partition coefficient (Wildman–Crippen LogP) is 3.96. The number of hydrogen-bond donors (Lipinski definition) is 2. The first-order valence-corrected chi connectivity index (χ1v) is 13.3. The van der Waals surface area contributed by atoms with E-state index < -0.39 is 10.0 Å². The number of rotatable bonds is 9. The van der Waals surface area contributed by atoms with E-state index in [0.717, 1.165) is 16.8 Å². The molecule has 0 saturated carbocycles. The van der Waals surface area contributed by atoms with Crippen molar-refractivity contribution < 1.29 is 17.9 Å². The molecule has 0 spiro atoms. The van der Waals surface area contributed by atoms with E-state index in [1.54, 1.807) is 19.2 Å². The SMILES string of the molecule is COc1cccc(C(Nc2ccc(N(CCN(C)C)S(C)(=O)=O)cc2)=C2C(=O)Nc3ccccc32)c1. The van der Waals surface area contributed by atoms with Crippen LogP contribution in [0, 0.1) is 0 Å². The normalized spacial score (nSPS) is 14.3. The van der Waals surface area contributed by atoms with Crippen molar-refractivity contribution in [1.29, 1.82) is 0 Å². The molecule has 9 heteroatoms. The van der Waals surface area contributed by atoms with Crippen molar-refractivity contribution in [2.75, 3.05) is 55.5 Å². The van der Waals surface area contributed by atoms with E-state index >= 15 is 0 Å². The summed E-state index contributed by atoms with van der Waals surface area (Å²) >= 11 is 0. The van der Waals surface area contributed by atoms with E-state index in [4.69, 9.17) is 4.74 Å². The van der Waals surface area contributed by atoms with E-state index in [2.05, 4.69) is 10.6 Å². The summed E-state index contributed by atoms with van der Waals surface area (Å²) in [6, 6.07) is 22.2. The maximum Gasteiger partial charge on any atom is 0.258 e. The molecule has 8 nitrogen and oxygen atoms in total. The highest BCUT2D eigenvalue weighted by Crippen LogP contribution is 2.38. The maximum atomic E-state index is 13.1. The third-order valence-corrected chi connectivity index (χ3v) is 7.05. The molecule has 0 unspecified atom stereocenters. The molecule has 1 heterocycles. The van der Waals surface area contributed by atoms with Gasteiger partial charge in [0.25, 0.3) is 5.91 Å². The first-order chi connectivity index (χ1) is 17.2. The van der Waals surface area contributed by atoms with Crippen LogP contribution in [0.3, 0.4) is 0 Å². The second-order valence-corrected chi connectivity index (χ2v) is 10.7. The number of amides is 1. The average Bonchev–Trinajstić information content (AvgIpc) is 3.18. The summed E-state index contributed by atoms with van der Waals surface area (Å²) < 4.78 is 31.6. The Bertz CT molecular complexity index is 1400. The van der Waals surface area contributed by atoms with Gasteiger partial charge in [0, 0.05) is 35.6 Å². The van der Waals surface area contributed by atoms with Gasteiger partial charge in [0.15, 0.2) is 0 Å². The first-order valence-electron chi connectivity index (χ1n) is 11.5. The van der Waals surface area contributed by atoms with Crippen LogP contribution in [-0.4, -0.2) is 59.8 Å². The zero-order valence-corrected chi connectivity index (χ0v) is 21.6. The fraction of sp³-hybridized carbons (Fsp3) is 0.222. The number of sulfonamides is 1. The summed E-state index contributed by atoms with van der Waals surface area (Å²) in [7, 11) is 1.96. The fourth-order valence-electron chi connectivity index (χ4n) is 4.06. The van der Waals surface area contributed by atoms with Crippen LogP contribution in [0.25, 0.3) is 11.3 Å². The van der Waals surface area contributed by atoms with Gasteiger partial charge < -0.3 is 20.3 Å². The second-order valence-electron chi connectivity index (χ2n) is 8.79. The van der Waals surface area contributed by atoms with Crippen molar-refractivity contribution in [3.63, 3.8) is 0 Å². The fourth-order valence-corrected chi connectivity index (χ4v) is 4.97. The van der Waals surface area contributed by atoms with Crippen LogP contribution in [0.2, 0.25) is 0 Å². The second kappa shape index (κ2) is 10.4. The standard InChI is InChI=1S/C27H30N4O4S/c1-30(2)16-17-31(36(4,33)34)21-14-12-20(13-15-21)28-26(19-8-7-9-22(18-19)35-3)25-23-10-5-6-11-24(23)29-27(25)32/h5-15,18,28H,16-17H2,1-4H3,(H,29,32). The average molecular weight is 507 g/mol. The Morgan fingerprint density at radius 1 is 0.972 bits per heavy atom. The number of anilines is 3. The van der Waals surface area contributed by atoms with Crippen LogP contribution < -0.4 is 19.7 Å². The van der Waals surface area contributed by atoms with Crippen LogP contribution in [0.1, 0.15) is 11.1 Å². The number of benzene rings is 3. The Morgan fingerprint density at radius 3 is 2.36 bits per heavy atom. The lowest BCUT2D eigenvalue weighted by Gasteiger charge is -2.24. The molecule has 0 aromatic heterocycles. The van der Waals surface area contributed by atoms with Gasteiger partial charge in [-0.25, -0.2) is 8.42 Å². The molecule has 2 N–H and O–H groups in total. The number of nitrogens with zero attached hydrogens (tertiary/aromatic N) is 2. The monoisotopic (exact) mass is 506 g/mol. The van der Waals surface area contributed by atoms with Crippen molar-refractivity contribution in [1.82, 2.24) is 4.90 Å². The van der Waals surface area contributed by atoms with Crippen molar-refractivity contribution >= 4 is 44.3 Å². The molecule has 3 aromatic rings. The Hall–Kier alpha value is -3.82. The molecule has 4 rings (SSSR count). The molecular weight excluding hydrogens is 476 g/mol. The van der Waals surface area contributed by atoms with Crippen LogP contribution >= 0.6 is 0 Å². The van der Waals surface area contributed by atoms with Crippen molar-refractivity contribution in [2.24, 2.45) is 0 Å². The number of methoxy groups -OCH3 is 1. The van der Waals surface area contributed by atoms with Gasteiger partial charge >= 0.3 is 0 Å². The van der Waals surface area contributed by atoms with Gasteiger partial charge in [-0.3, -0.25) is 9.10 Å². The number of likely N-dealkylation sites (N-methyl/N-ethyl adjacent to an activating group) is 1. The van der Waals surface area contributed by atoms with Gasteiger partial charge in [0.2, 0.25) is 10.0 Å². The zero-order valence-electron chi connectivity index (χ0n) is 20.8. The highest BCUT2D eigenvalue weighted by molar-refractivity contribution is 7.92. The van der Waals surface area contributed by atoms with Gasteiger partial charge in [0.05, 0.1) is 30.3 Å². The van der Waals surface area contributed by atoms with Crippen molar-refractivity contribution in [3.05, 3.63) is 83.9 Å². The van der Waals surface area contributed by atoms with Crippen LogP contribution in [0.4, 0.5) is 17.1 Å². The van der Waals surface area contributed by atoms with Gasteiger partial charge in [-0.2, -0.15) is 0 Å². The molecule has 0 bridgehead atoms. The Balaban J connectivity index is 1.74. The lowest BCUT2D eigenvalue weighted by atomic mass is 10.00. The molecule has 0 saturated heterocycles. The number of carbonyl (C=O) groups excluding carboxylic acids is 1. The molecule has 0 aliphatic carbocycles. The third kappa shape index (κ3) is 5.53. The largest absolute Gasteiger partial charge is 0.497 e. The minimum atomic E-state index is -3.44. The number of hydrogen-bond acceptors (Lipinski definition) is 6. The van der Waals surface area contributed by atoms with Crippen LogP contribution in [-0.2, 0) is 14.8 Å². The van der Waals surface area contributed by atoms with E-state index in [-0.39, 0.29) is 5.91 Å². The van der Waals surface area contributed by atoms with Gasteiger partial charge in [-0.05, 0) is 56.6 Å². The quantitative estimate of drug-likeness (QED) is 0.427. The maximum absolute atomic E-state index is 13.1. The number of carbonyl (C=O) groups is 1. The molecule has 188 valence electrons. The highest BCUT2D eigenvalue weighted by Gasteiger charge is 2.28. The Labute approximate surface area is 212 Å². The Morgan fingerprint density at radius 2 is 1.69 bits per heavy atom. The summed E-state index contributed by atoms with van der Waals surface area (Å²) in [6.07, 6.45) is 1.20. The van der Waals surface area contributed by atoms with Crippen molar-refractivity contribution in [2.45, 2.75) is 0 Å². The summed E-state index contributed by atoms with van der Waals surface area (Å²) in [5.74, 6) is 0.462. The molecule has 1 aliphatic rings. The number of para-hydroxylation sites is 1. The van der Waals surface area contributed by atoms with E-state index in [0.29, 0.717) is 41.5 Å². The Kier molecular flexibility index (Phi) is 7.32.